The van der Waals surface area contributed by atoms with Gasteiger partial charge in [-0.3, -0.25) is 4.79 Å². The molecule has 2 amide bonds. The number of rotatable bonds is 10. The van der Waals surface area contributed by atoms with Crippen LogP contribution in [0.4, 0.5) is 4.79 Å². The van der Waals surface area contributed by atoms with E-state index in [0.29, 0.717) is 19.4 Å². The summed E-state index contributed by atoms with van der Waals surface area (Å²) < 4.78 is 11.2. The summed E-state index contributed by atoms with van der Waals surface area (Å²) in [6.07, 6.45) is 2.48. The Hall–Kier alpha value is -3.59. The van der Waals surface area contributed by atoms with E-state index in [1.807, 2.05) is 67.7 Å². The van der Waals surface area contributed by atoms with Gasteiger partial charge in [0.05, 0.1) is 6.10 Å². The van der Waals surface area contributed by atoms with Crippen LogP contribution in [0.25, 0.3) is 10.9 Å². The molecule has 0 aliphatic carbocycles. The molecule has 2 N–H and O–H groups in total. The van der Waals surface area contributed by atoms with Crippen LogP contribution in [0.15, 0.2) is 60.8 Å². The monoisotopic (exact) mass is 549 g/mol. The minimum Gasteiger partial charge on any atom is -0.461 e. The van der Waals surface area contributed by atoms with E-state index in [1.165, 1.54) is 0 Å². The van der Waals surface area contributed by atoms with Crippen LogP contribution in [0.2, 0.25) is 25.7 Å². The average Bonchev–Trinajstić information content (AvgIpc) is 3.54. The molecule has 1 aromatic heterocycles. The molecule has 208 valence electrons. The van der Waals surface area contributed by atoms with Gasteiger partial charge in [0.15, 0.2) is 0 Å². The van der Waals surface area contributed by atoms with E-state index in [9.17, 15) is 14.4 Å². The number of nitrogens with one attached hydrogen (secondary N) is 2. The van der Waals surface area contributed by atoms with Gasteiger partial charge in [-0.15, -0.1) is 0 Å². The number of likely N-dealkylation sites (tertiary alicyclic amines) is 1. The second kappa shape index (κ2) is 12.5. The van der Waals surface area contributed by atoms with Crippen molar-refractivity contribution in [3.63, 3.8) is 0 Å². The lowest BCUT2D eigenvalue weighted by atomic mass is 10.0. The smallest absolute Gasteiger partial charge is 0.408 e. The number of carbonyl (C=O) groups is 3. The molecule has 3 atom stereocenters. The number of carbonyl (C=O) groups excluding carboxylic acids is 3. The summed E-state index contributed by atoms with van der Waals surface area (Å²) in [6, 6.07) is 16.5. The third kappa shape index (κ3) is 7.72. The van der Waals surface area contributed by atoms with Gasteiger partial charge in [0, 0.05) is 38.1 Å². The molecule has 2 heterocycles. The summed E-state index contributed by atoms with van der Waals surface area (Å²) >= 11 is 0. The lowest BCUT2D eigenvalue weighted by Gasteiger charge is -2.29. The maximum absolute atomic E-state index is 13.9. The molecule has 0 radical (unpaired) electrons. The first-order valence-corrected chi connectivity index (χ1v) is 17.3. The largest absolute Gasteiger partial charge is 0.461 e. The number of ether oxygens (including phenoxy) is 2. The lowest BCUT2D eigenvalue weighted by Crippen LogP contribution is -2.53. The molecule has 9 heteroatoms. The van der Waals surface area contributed by atoms with Gasteiger partial charge in [0.2, 0.25) is 5.91 Å². The van der Waals surface area contributed by atoms with E-state index >= 15 is 0 Å². The number of nitrogens with zero attached hydrogens (tertiary/aromatic N) is 1. The maximum atomic E-state index is 13.9. The Morgan fingerprint density at radius 2 is 1.79 bits per heavy atom. The predicted octanol–water partition coefficient (Wildman–Crippen LogP) is 5.27. The summed E-state index contributed by atoms with van der Waals surface area (Å²) in [6.45, 7) is 9.16. The second-order valence-electron chi connectivity index (χ2n) is 11.5. The standard InChI is InChI=1S/C30H39N3O5Si/c1-21(20-39(2,3)4)38-29(35)27-15-10-16-33(27)28(34)26(17-23-18-31-25-14-9-8-13-24(23)25)32-30(36)37-19-22-11-6-5-7-12-22/h5-9,11-14,18,21,26-27,31H,10,15-17,19-20H2,1-4H3,(H,32,36)/t21?,26-,27-/m0/s1. The van der Waals surface area contributed by atoms with E-state index in [1.54, 1.807) is 4.90 Å². The summed E-state index contributed by atoms with van der Waals surface area (Å²) in [7, 11) is -1.42. The van der Waals surface area contributed by atoms with Crippen molar-refractivity contribution in [1.82, 2.24) is 15.2 Å². The number of esters is 1. The molecule has 2 aromatic carbocycles. The third-order valence-electron chi connectivity index (χ3n) is 6.93. The summed E-state index contributed by atoms with van der Waals surface area (Å²) in [5, 5.41) is 3.76. The first kappa shape index (κ1) is 28.4. The average molecular weight is 550 g/mol. The number of hydrogen-bond donors (Lipinski definition) is 2. The van der Waals surface area contributed by atoms with Crippen LogP contribution in [0, 0.1) is 0 Å². The number of aromatic nitrogens is 1. The van der Waals surface area contributed by atoms with Crippen LogP contribution >= 0.6 is 0 Å². The molecule has 0 spiro atoms. The number of fused-ring (bicyclic) bond motifs is 1. The van der Waals surface area contributed by atoms with Gasteiger partial charge in [-0.05, 0) is 43.0 Å². The van der Waals surface area contributed by atoms with Gasteiger partial charge >= 0.3 is 12.1 Å². The third-order valence-corrected chi connectivity index (χ3v) is 8.73. The summed E-state index contributed by atoms with van der Waals surface area (Å²) in [4.78, 5) is 44.7. The number of benzene rings is 2. The van der Waals surface area contributed by atoms with Crippen molar-refractivity contribution in [3.05, 3.63) is 71.9 Å². The zero-order valence-corrected chi connectivity index (χ0v) is 24.2. The molecule has 0 saturated carbocycles. The van der Waals surface area contributed by atoms with Crippen LogP contribution in [0.5, 0.6) is 0 Å². The Morgan fingerprint density at radius 1 is 1.08 bits per heavy atom. The van der Waals surface area contributed by atoms with E-state index in [2.05, 4.69) is 29.9 Å². The van der Waals surface area contributed by atoms with Gasteiger partial charge in [-0.1, -0.05) is 68.2 Å². The van der Waals surface area contributed by atoms with Crippen molar-refractivity contribution in [2.24, 2.45) is 0 Å². The molecular weight excluding hydrogens is 510 g/mol. The Kier molecular flexibility index (Phi) is 9.11. The number of H-pyrrole nitrogens is 1. The van der Waals surface area contributed by atoms with Crippen molar-refractivity contribution in [3.8, 4) is 0 Å². The zero-order chi connectivity index (χ0) is 28.0. The molecular formula is C30H39N3O5Si. The van der Waals surface area contributed by atoms with Crippen molar-refractivity contribution < 1.29 is 23.9 Å². The van der Waals surface area contributed by atoms with E-state index in [4.69, 9.17) is 9.47 Å². The van der Waals surface area contributed by atoms with Crippen molar-refractivity contribution in [2.45, 2.75) is 76.7 Å². The van der Waals surface area contributed by atoms with Gasteiger partial charge in [-0.2, -0.15) is 0 Å². The Balaban J connectivity index is 1.49. The minimum atomic E-state index is -1.42. The van der Waals surface area contributed by atoms with E-state index in [0.717, 1.165) is 28.1 Å². The Morgan fingerprint density at radius 3 is 2.54 bits per heavy atom. The molecule has 1 fully saturated rings. The number of hydrogen-bond acceptors (Lipinski definition) is 5. The maximum Gasteiger partial charge on any atom is 0.408 e. The lowest BCUT2D eigenvalue weighted by molar-refractivity contribution is -0.157. The summed E-state index contributed by atoms with van der Waals surface area (Å²) in [5.41, 5.74) is 2.70. The molecule has 3 aromatic rings. The van der Waals surface area contributed by atoms with Crippen LogP contribution in [-0.2, 0) is 32.1 Å². The van der Waals surface area contributed by atoms with Crippen molar-refractivity contribution in [1.29, 1.82) is 0 Å². The zero-order valence-electron chi connectivity index (χ0n) is 23.2. The number of amides is 2. The highest BCUT2D eigenvalue weighted by Crippen LogP contribution is 2.24. The Bertz CT molecular complexity index is 1290. The van der Waals surface area contributed by atoms with E-state index in [-0.39, 0.29) is 31.0 Å². The fourth-order valence-electron chi connectivity index (χ4n) is 5.28. The molecule has 1 aliphatic rings. The molecule has 4 rings (SSSR count). The topological polar surface area (TPSA) is 101 Å². The molecule has 0 bridgehead atoms. The van der Waals surface area contributed by atoms with Gasteiger partial charge in [0.1, 0.15) is 18.7 Å². The minimum absolute atomic E-state index is 0.0916. The van der Waals surface area contributed by atoms with Crippen LogP contribution in [0.3, 0.4) is 0 Å². The number of aromatic amines is 1. The van der Waals surface area contributed by atoms with Gasteiger partial charge in [0.25, 0.3) is 0 Å². The second-order valence-corrected chi connectivity index (χ2v) is 17.1. The number of alkyl carbamates (subject to hydrolysis) is 1. The normalized spacial score (nSPS) is 17.0. The Labute approximate surface area is 231 Å². The van der Waals surface area contributed by atoms with Crippen LogP contribution in [-0.4, -0.2) is 60.7 Å². The highest BCUT2D eigenvalue weighted by molar-refractivity contribution is 6.76. The molecule has 1 unspecified atom stereocenters. The molecule has 1 saturated heterocycles. The van der Waals surface area contributed by atoms with Crippen molar-refractivity contribution in [2.75, 3.05) is 6.54 Å². The first-order chi connectivity index (χ1) is 18.6. The molecule has 1 aliphatic heterocycles. The fraction of sp³-hybridized carbons (Fsp3) is 0.433. The van der Waals surface area contributed by atoms with Crippen molar-refractivity contribution >= 4 is 36.9 Å². The SMILES string of the molecule is CC(C[Si](C)(C)C)OC(=O)[C@@H]1CCCN1C(=O)[C@H](Cc1c[nH]c2ccccc12)NC(=O)OCc1ccccc1. The van der Waals surface area contributed by atoms with E-state index < -0.39 is 26.3 Å². The quantitative estimate of drug-likeness (QED) is 0.265. The number of para-hydroxylation sites is 1. The highest BCUT2D eigenvalue weighted by atomic mass is 28.3. The molecule has 39 heavy (non-hydrogen) atoms. The van der Waals surface area contributed by atoms with Gasteiger partial charge in [-0.25, -0.2) is 9.59 Å². The van der Waals surface area contributed by atoms with Gasteiger partial charge < -0.3 is 24.7 Å². The molecule has 8 nitrogen and oxygen atoms in total. The first-order valence-electron chi connectivity index (χ1n) is 13.6. The fourth-order valence-corrected chi connectivity index (χ4v) is 7.09. The van der Waals surface area contributed by atoms with Crippen LogP contribution < -0.4 is 5.32 Å². The highest BCUT2D eigenvalue weighted by Gasteiger charge is 2.39. The van der Waals surface area contributed by atoms with Crippen LogP contribution in [0.1, 0.15) is 30.9 Å². The predicted molar refractivity (Wildman–Crippen MR) is 154 cm³/mol. The summed E-state index contributed by atoms with van der Waals surface area (Å²) in [5.74, 6) is -0.682.